The summed E-state index contributed by atoms with van der Waals surface area (Å²) < 4.78 is 0. The van der Waals surface area contributed by atoms with Gasteiger partial charge in [-0.25, -0.2) is 0 Å². The van der Waals surface area contributed by atoms with Crippen LogP contribution in [0, 0.1) is 13.8 Å². The minimum atomic E-state index is -0.589. The molecule has 2 amide bonds. The summed E-state index contributed by atoms with van der Waals surface area (Å²) in [7, 11) is 1.57. The molecule has 5 heteroatoms. The Balaban J connectivity index is 2.30. The number of likely N-dealkylation sites (N-methyl/N-ethyl adjacent to an activating group) is 1. The van der Waals surface area contributed by atoms with Crippen LogP contribution in [0.1, 0.15) is 29.2 Å². The molecule has 0 spiro atoms. The van der Waals surface area contributed by atoms with Crippen molar-refractivity contribution in [2.75, 3.05) is 7.05 Å². The van der Waals surface area contributed by atoms with E-state index in [1.807, 2.05) is 50.2 Å². The predicted octanol–water partition coefficient (Wildman–Crippen LogP) is 3.66. The lowest BCUT2D eigenvalue weighted by Crippen LogP contribution is -2.47. The number of rotatable bonds is 6. The van der Waals surface area contributed by atoms with Crippen molar-refractivity contribution in [1.29, 1.82) is 0 Å². The molecule has 1 atom stereocenters. The molecule has 0 bridgehead atoms. The van der Waals surface area contributed by atoms with Crippen molar-refractivity contribution in [3.63, 3.8) is 0 Å². The summed E-state index contributed by atoms with van der Waals surface area (Å²) >= 11 is 6.26. The van der Waals surface area contributed by atoms with Crippen molar-refractivity contribution in [2.24, 2.45) is 0 Å². The number of hydrogen-bond donors (Lipinski definition) is 1. The fourth-order valence-corrected chi connectivity index (χ4v) is 3.05. The Kier molecular flexibility index (Phi) is 6.81. The van der Waals surface area contributed by atoms with E-state index in [9.17, 15) is 9.59 Å². The largest absolute Gasteiger partial charge is 0.357 e. The summed E-state index contributed by atoms with van der Waals surface area (Å²) in [6.07, 6.45) is 0.249. The smallest absolute Gasteiger partial charge is 0.242 e. The fraction of sp³-hybridized carbons (Fsp3) is 0.333. The van der Waals surface area contributed by atoms with Gasteiger partial charge in [-0.15, -0.1) is 0 Å². The molecular weight excluding hydrogens is 348 g/mol. The Hall–Kier alpha value is -2.33. The Morgan fingerprint density at radius 2 is 1.81 bits per heavy atom. The van der Waals surface area contributed by atoms with Crippen molar-refractivity contribution in [3.05, 3.63) is 69.7 Å². The van der Waals surface area contributed by atoms with Gasteiger partial charge in [0.15, 0.2) is 0 Å². The summed E-state index contributed by atoms with van der Waals surface area (Å²) in [4.78, 5) is 26.8. The van der Waals surface area contributed by atoms with Gasteiger partial charge in [0.2, 0.25) is 11.8 Å². The summed E-state index contributed by atoms with van der Waals surface area (Å²) in [6.45, 7) is 6.01. The molecule has 2 rings (SSSR count). The number of carbonyl (C=O) groups excluding carboxylic acids is 2. The molecule has 0 unspecified atom stereocenters. The van der Waals surface area contributed by atoms with E-state index < -0.39 is 6.04 Å². The first-order valence-electron chi connectivity index (χ1n) is 8.64. The molecule has 2 aromatic rings. The molecule has 1 N–H and O–H groups in total. The van der Waals surface area contributed by atoms with Gasteiger partial charge in [-0.1, -0.05) is 53.6 Å². The van der Waals surface area contributed by atoms with Crippen LogP contribution < -0.4 is 5.32 Å². The van der Waals surface area contributed by atoms with Crippen LogP contribution >= 0.6 is 11.6 Å². The van der Waals surface area contributed by atoms with Crippen LogP contribution in [0.5, 0.6) is 0 Å². The first-order chi connectivity index (χ1) is 12.3. The maximum Gasteiger partial charge on any atom is 0.242 e. The van der Waals surface area contributed by atoms with E-state index in [2.05, 4.69) is 5.32 Å². The van der Waals surface area contributed by atoms with Crippen molar-refractivity contribution < 1.29 is 9.59 Å². The third-order valence-electron chi connectivity index (χ3n) is 4.56. The highest BCUT2D eigenvalue weighted by atomic mass is 35.5. The van der Waals surface area contributed by atoms with Crippen LogP contribution in [0.2, 0.25) is 5.02 Å². The molecule has 0 aliphatic heterocycles. The monoisotopic (exact) mass is 372 g/mol. The second kappa shape index (κ2) is 8.86. The van der Waals surface area contributed by atoms with E-state index in [1.54, 1.807) is 24.9 Å². The van der Waals surface area contributed by atoms with Crippen LogP contribution in [-0.2, 0) is 22.6 Å². The number of nitrogens with one attached hydrogen (secondary N) is 1. The quantitative estimate of drug-likeness (QED) is 0.841. The predicted molar refractivity (Wildman–Crippen MR) is 105 cm³/mol. The zero-order valence-corrected chi connectivity index (χ0v) is 16.4. The molecule has 26 heavy (non-hydrogen) atoms. The summed E-state index contributed by atoms with van der Waals surface area (Å²) in [5.74, 6) is -0.305. The number of benzene rings is 2. The van der Waals surface area contributed by atoms with Crippen molar-refractivity contribution >= 4 is 23.4 Å². The second-order valence-electron chi connectivity index (χ2n) is 6.51. The zero-order chi connectivity index (χ0) is 19.3. The number of halogens is 1. The van der Waals surface area contributed by atoms with Crippen LogP contribution in [0.15, 0.2) is 42.5 Å². The molecule has 0 aromatic heterocycles. The highest BCUT2D eigenvalue weighted by molar-refractivity contribution is 6.31. The Bertz CT molecular complexity index is 804. The zero-order valence-electron chi connectivity index (χ0n) is 15.7. The fourth-order valence-electron chi connectivity index (χ4n) is 2.86. The van der Waals surface area contributed by atoms with Gasteiger partial charge in [0.1, 0.15) is 6.04 Å². The van der Waals surface area contributed by atoms with Crippen molar-refractivity contribution in [1.82, 2.24) is 10.2 Å². The molecule has 0 saturated heterocycles. The van der Waals surface area contributed by atoms with Gasteiger partial charge >= 0.3 is 0 Å². The van der Waals surface area contributed by atoms with E-state index in [0.717, 1.165) is 22.3 Å². The third-order valence-corrected chi connectivity index (χ3v) is 4.93. The van der Waals surface area contributed by atoms with Gasteiger partial charge < -0.3 is 10.2 Å². The number of hydrogen-bond acceptors (Lipinski definition) is 2. The molecule has 0 aliphatic rings. The second-order valence-corrected chi connectivity index (χ2v) is 6.92. The minimum absolute atomic E-state index is 0.102. The highest BCUT2D eigenvalue weighted by Crippen LogP contribution is 2.20. The van der Waals surface area contributed by atoms with Crippen molar-refractivity contribution in [3.8, 4) is 0 Å². The normalized spacial score (nSPS) is 11.7. The van der Waals surface area contributed by atoms with Gasteiger partial charge in [0, 0.05) is 18.6 Å². The average Bonchev–Trinajstić information content (AvgIpc) is 2.62. The van der Waals surface area contributed by atoms with Gasteiger partial charge in [-0.05, 0) is 43.5 Å². The number of carbonyl (C=O) groups is 2. The maximum absolute atomic E-state index is 13.1. The molecule has 138 valence electrons. The van der Waals surface area contributed by atoms with Crippen LogP contribution in [0.25, 0.3) is 0 Å². The Morgan fingerprint density at radius 1 is 1.12 bits per heavy atom. The SMILES string of the molecule is CNC(=O)[C@H](C)N(Cc1ccccc1Cl)C(=O)Cc1cc(C)ccc1C. The summed E-state index contributed by atoms with van der Waals surface area (Å²) in [6, 6.07) is 12.8. The van der Waals surface area contributed by atoms with Gasteiger partial charge in [-0.3, -0.25) is 9.59 Å². The molecule has 2 aromatic carbocycles. The van der Waals surface area contributed by atoms with Crippen molar-refractivity contribution in [2.45, 2.75) is 39.8 Å². The van der Waals surface area contributed by atoms with Gasteiger partial charge in [-0.2, -0.15) is 0 Å². The van der Waals surface area contributed by atoms with E-state index in [-0.39, 0.29) is 24.8 Å². The molecule has 0 heterocycles. The maximum atomic E-state index is 13.1. The lowest BCUT2D eigenvalue weighted by atomic mass is 10.0. The van der Waals surface area contributed by atoms with Gasteiger partial charge in [0.25, 0.3) is 0 Å². The molecule has 0 saturated carbocycles. The lowest BCUT2D eigenvalue weighted by molar-refractivity contribution is -0.139. The molecular formula is C21H25ClN2O2. The Labute approximate surface area is 160 Å². The number of nitrogens with zero attached hydrogens (tertiary/aromatic N) is 1. The lowest BCUT2D eigenvalue weighted by Gasteiger charge is -2.29. The van der Waals surface area contributed by atoms with E-state index >= 15 is 0 Å². The first kappa shape index (κ1) is 20.0. The average molecular weight is 373 g/mol. The molecule has 0 fully saturated rings. The number of amides is 2. The molecule has 0 radical (unpaired) electrons. The highest BCUT2D eigenvalue weighted by Gasteiger charge is 2.26. The summed E-state index contributed by atoms with van der Waals surface area (Å²) in [5.41, 5.74) is 3.96. The van der Waals surface area contributed by atoms with E-state index in [1.165, 1.54) is 0 Å². The molecule has 0 aliphatic carbocycles. The van der Waals surface area contributed by atoms with Crippen LogP contribution in [-0.4, -0.2) is 29.8 Å². The summed E-state index contributed by atoms with van der Waals surface area (Å²) in [5, 5.41) is 3.20. The minimum Gasteiger partial charge on any atom is -0.357 e. The van der Waals surface area contributed by atoms with Crippen LogP contribution in [0.3, 0.4) is 0 Å². The van der Waals surface area contributed by atoms with E-state index in [4.69, 9.17) is 11.6 Å². The third kappa shape index (κ3) is 4.85. The van der Waals surface area contributed by atoms with E-state index in [0.29, 0.717) is 5.02 Å². The van der Waals surface area contributed by atoms with Gasteiger partial charge in [0.05, 0.1) is 6.42 Å². The van der Waals surface area contributed by atoms with Crippen LogP contribution in [0.4, 0.5) is 0 Å². The Morgan fingerprint density at radius 3 is 2.46 bits per heavy atom. The molecule has 4 nitrogen and oxygen atoms in total. The number of aryl methyl sites for hydroxylation is 2. The standard InChI is InChI=1S/C21H25ClN2O2/c1-14-9-10-15(2)18(11-14)12-20(25)24(16(3)21(26)23-4)13-17-7-5-6-8-19(17)22/h5-11,16H,12-13H2,1-4H3,(H,23,26)/t16-/m0/s1. The topological polar surface area (TPSA) is 49.4 Å². The first-order valence-corrected chi connectivity index (χ1v) is 9.02.